The van der Waals surface area contributed by atoms with E-state index >= 15 is 0 Å². The van der Waals surface area contributed by atoms with Gasteiger partial charge in [-0.15, -0.1) is 0 Å². The van der Waals surface area contributed by atoms with E-state index < -0.39 is 11.6 Å². The zero-order valence-corrected chi connectivity index (χ0v) is 12.1. The largest absolute Gasteiger partial charge is 0.508 e. The van der Waals surface area contributed by atoms with Gasteiger partial charge in [-0.3, -0.25) is 9.59 Å². The zero-order valence-electron chi connectivity index (χ0n) is 12.1. The first-order chi connectivity index (χ1) is 9.93. The summed E-state index contributed by atoms with van der Waals surface area (Å²) < 4.78 is 5.85. The van der Waals surface area contributed by atoms with Crippen LogP contribution in [0.4, 0.5) is 5.69 Å². The van der Waals surface area contributed by atoms with Gasteiger partial charge < -0.3 is 19.8 Å². The first-order valence-corrected chi connectivity index (χ1v) is 6.99. The van der Waals surface area contributed by atoms with Crippen molar-refractivity contribution in [3.8, 4) is 11.5 Å². The Bertz CT molecular complexity index is 565. The summed E-state index contributed by atoms with van der Waals surface area (Å²) in [6.07, 6.45) is 0.803. The molecule has 6 nitrogen and oxygen atoms in total. The van der Waals surface area contributed by atoms with Crippen molar-refractivity contribution in [1.29, 1.82) is 0 Å². The van der Waals surface area contributed by atoms with Gasteiger partial charge in [0.15, 0.2) is 5.60 Å². The van der Waals surface area contributed by atoms with E-state index in [-0.39, 0.29) is 24.6 Å². The zero-order chi connectivity index (χ0) is 15.6. The Hall–Kier alpha value is -2.24. The number of hydrogen-bond acceptors (Lipinski definition) is 4. The average Bonchev–Trinajstić information content (AvgIpc) is 2.45. The van der Waals surface area contributed by atoms with Crippen molar-refractivity contribution in [2.45, 2.75) is 38.7 Å². The van der Waals surface area contributed by atoms with Crippen LogP contribution in [-0.4, -0.2) is 34.2 Å². The molecular weight excluding hydrogens is 274 g/mol. The number of ether oxygens (including phenoxy) is 1. The molecule has 6 heteroatoms. The highest BCUT2D eigenvalue weighted by molar-refractivity contribution is 6.03. The van der Waals surface area contributed by atoms with Gasteiger partial charge in [0, 0.05) is 12.6 Å². The van der Waals surface area contributed by atoms with E-state index in [2.05, 4.69) is 0 Å². The lowest BCUT2D eigenvalue weighted by Crippen LogP contribution is -2.56. The molecule has 1 aliphatic rings. The smallest absolute Gasteiger partial charge is 0.305 e. The van der Waals surface area contributed by atoms with Crippen LogP contribution in [0.3, 0.4) is 0 Å². The molecular formula is C15H19NO5. The van der Waals surface area contributed by atoms with E-state index in [9.17, 15) is 14.7 Å². The molecule has 0 saturated heterocycles. The van der Waals surface area contributed by atoms with Gasteiger partial charge in [-0.25, -0.2) is 0 Å². The number of phenolic OH excluding ortho intramolecular Hbond substituents is 1. The van der Waals surface area contributed by atoms with Gasteiger partial charge in [-0.1, -0.05) is 13.8 Å². The number of hydrogen-bond donors (Lipinski definition) is 2. The number of amides is 1. The first-order valence-electron chi connectivity index (χ1n) is 6.99. The molecule has 2 N–H and O–H groups in total. The number of carbonyl (C=O) groups excluding carboxylic acids is 1. The highest BCUT2D eigenvalue weighted by Gasteiger charge is 2.45. The minimum atomic E-state index is -1.00. The number of benzene rings is 1. The molecule has 0 bridgehead atoms. The summed E-state index contributed by atoms with van der Waals surface area (Å²) in [4.78, 5) is 25.0. The van der Waals surface area contributed by atoms with Crippen LogP contribution >= 0.6 is 0 Å². The Balaban J connectivity index is 2.46. The molecule has 1 heterocycles. The second-order valence-corrected chi connectivity index (χ2v) is 5.06. The number of anilines is 1. The van der Waals surface area contributed by atoms with Crippen molar-refractivity contribution in [3.63, 3.8) is 0 Å². The number of fused-ring (bicyclic) bond motifs is 1. The summed E-state index contributed by atoms with van der Waals surface area (Å²) in [6, 6.07) is 4.48. The summed E-state index contributed by atoms with van der Waals surface area (Å²) in [7, 11) is 0. The van der Waals surface area contributed by atoms with E-state index in [4.69, 9.17) is 9.84 Å². The predicted octanol–water partition coefficient (Wildman–Crippen LogP) is 2.15. The summed E-state index contributed by atoms with van der Waals surface area (Å²) in [6.45, 7) is 3.78. The van der Waals surface area contributed by atoms with E-state index in [1.807, 2.05) is 13.8 Å². The molecule has 1 amide bonds. The van der Waals surface area contributed by atoms with Gasteiger partial charge in [0.1, 0.15) is 11.5 Å². The molecule has 1 aromatic rings. The first kappa shape index (κ1) is 15.2. The number of aromatic hydroxyl groups is 1. The predicted molar refractivity (Wildman–Crippen MR) is 76.7 cm³/mol. The molecule has 0 saturated carbocycles. The highest BCUT2D eigenvalue weighted by Crippen LogP contribution is 2.42. The van der Waals surface area contributed by atoms with E-state index in [1.165, 1.54) is 17.0 Å². The quantitative estimate of drug-likeness (QED) is 0.868. The van der Waals surface area contributed by atoms with Gasteiger partial charge >= 0.3 is 5.97 Å². The number of phenols is 1. The van der Waals surface area contributed by atoms with Crippen molar-refractivity contribution < 1.29 is 24.5 Å². The fraction of sp³-hybridized carbons (Fsp3) is 0.467. The molecule has 0 radical (unpaired) electrons. The minimum Gasteiger partial charge on any atom is -0.508 e. The van der Waals surface area contributed by atoms with E-state index in [1.54, 1.807) is 6.07 Å². The molecule has 0 spiro atoms. The normalized spacial score (nSPS) is 16.3. The summed E-state index contributed by atoms with van der Waals surface area (Å²) in [5, 5.41) is 18.5. The van der Waals surface area contributed by atoms with Crippen molar-refractivity contribution in [2.75, 3.05) is 11.4 Å². The lowest BCUT2D eigenvalue weighted by Gasteiger charge is -2.41. The molecule has 0 fully saturated rings. The molecule has 0 atom stereocenters. The standard InChI is InChI=1S/C15H19NO5/c1-3-15(4-2)14(20)16(8-7-13(18)19)11-6-5-10(17)9-12(11)21-15/h5-6,9,17H,3-4,7-8H2,1-2H3,(H,18,19). The van der Waals surface area contributed by atoms with Gasteiger partial charge in [-0.2, -0.15) is 0 Å². The number of carboxylic acids is 1. The summed E-state index contributed by atoms with van der Waals surface area (Å²) in [5.41, 5.74) is -0.504. The number of carboxylic acid groups (broad SMARTS) is 1. The Morgan fingerprint density at radius 3 is 2.57 bits per heavy atom. The Morgan fingerprint density at radius 1 is 1.33 bits per heavy atom. The molecule has 1 aliphatic heterocycles. The Kier molecular flexibility index (Phi) is 4.06. The lowest BCUT2D eigenvalue weighted by molar-refractivity contribution is -0.138. The number of rotatable bonds is 5. The van der Waals surface area contributed by atoms with Gasteiger partial charge in [0.2, 0.25) is 0 Å². The minimum absolute atomic E-state index is 0.0439. The second kappa shape index (κ2) is 5.63. The van der Waals surface area contributed by atoms with E-state index in [0.29, 0.717) is 24.3 Å². The van der Waals surface area contributed by atoms with Gasteiger partial charge in [0.05, 0.1) is 12.1 Å². The maximum Gasteiger partial charge on any atom is 0.305 e. The van der Waals surface area contributed by atoms with Crippen molar-refractivity contribution >= 4 is 17.6 Å². The van der Waals surface area contributed by atoms with Gasteiger partial charge in [-0.05, 0) is 25.0 Å². The maximum absolute atomic E-state index is 12.7. The molecule has 2 rings (SSSR count). The highest BCUT2D eigenvalue weighted by atomic mass is 16.5. The third kappa shape index (κ3) is 2.66. The average molecular weight is 293 g/mol. The molecule has 21 heavy (non-hydrogen) atoms. The Morgan fingerprint density at radius 2 is 2.00 bits per heavy atom. The van der Waals surface area contributed by atoms with Crippen LogP contribution < -0.4 is 9.64 Å². The van der Waals surface area contributed by atoms with Crippen LogP contribution in [-0.2, 0) is 9.59 Å². The van der Waals surface area contributed by atoms with Crippen LogP contribution in [0, 0.1) is 0 Å². The molecule has 0 unspecified atom stereocenters. The third-order valence-corrected chi connectivity index (χ3v) is 3.87. The third-order valence-electron chi connectivity index (χ3n) is 3.87. The topological polar surface area (TPSA) is 87.1 Å². The fourth-order valence-electron chi connectivity index (χ4n) is 2.54. The van der Waals surface area contributed by atoms with Gasteiger partial charge in [0.25, 0.3) is 5.91 Å². The SMILES string of the molecule is CCC1(CC)Oc2cc(O)ccc2N(CCC(=O)O)C1=O. The number of aliphatic carboxylic acids is 1. The van der Waals surface area contributed by atoms with Crippen LogP contribution in [0.1, 0.15) is 33.1 Å². The van der Waals surface area contributed by atoms with Crippen LogP contribution in [0.5, 0.6) is 11.5 Å². The summed E-state index contributed by atoms with van der Waals surface area (Å²) in [5.74, 6) is -0.744. The lowest BCUT2D eigenvalue weighted by atomic mass is 9.92. The van der Waals surface area contributed by atoms with Crippen LogP contribution in [0.25, 0.3) is 0 Å². The fourth-order valence-corrected chi connectivity index (χ4v) is 2.54. The van der Waals surface area contributed by atoms with Crippen molar-refractivity contribution in [2.24, 2.45) is 0 Å². The van der Waals surface area contributed by atoms with Crippen LogP contribution in [0.15, 0.2) is 18.2 Å². The monoisotopic (exact) mass is 293 g/mol. The van der Waals surface area contributed by atoms with Crippen molar-refractivity contribution in [1.82, 2.24) is 0 Å². The maximum atomic E-state index is 12.7. The van der Waals surface area contributed by atoms with Crippen LogP contribution in [0.2, 0.25) is 0 Å². The molecule has 1 aromatic carbocycles. The second-order valence-electron chi connectivity index (χ2n) is 5.06. The number of carbonyl (C=O) groups is 2. The van der Waals surface area contributed by atoms with E-state index in [0.717, 1.165) is 0 Å². The summed E-state index contributed by atoms with van der Waals surface area (Å²) >= 11 is 0. The molecule has 0 aliphatic carbocycles. The molecule has 114 valence electrons. The number of nitrogens with zero attached hydrogens (tertiary/aromatic N) is 1. The molecule has 0 aromatic heterocycles. The van der Waals surface area contributed by atoms with Crippen molar-refractivity contribution in [3.05, 3.63) is 18.2 Å². The Labute approximate surface area is 122 Å².